The molecule has 4 heteroatoms. The highest BCUT2D eigenvalue weighted by Gasteiger charge is 2.45. The lowest BCUT2D eigenvalue weighted by molar-refractivity contribution is 0.521. The summed E-state index contributed by atoms with van der Waals surface area (Å²) >= 11 is -1.97. The summed E-state index contributed by atoms with van der Waals surface area (Å²) < 4.78 is 21.2. The number of nitrogens with two attached hydrogens (primary N) is 1. The first kappa shape index (κ1) is 23.4. The Labute approximate surface area is 156 Å². The van der Waals surface area contributed by atoms with Crippen LogP contribution in [0.3, 0.4) is 0 Å². The third kappa shape index (κ3) is 7.84. The molecule has 1 aliphatic rings. The molecule has 0 spiro atoms. The Kier molecular flexibility index (Phi) is 11.8. The van der Waals surface area contributed by atoms with Gasteiger partial charge in [0.25, 0.3) is 0 Å². The van der Waals surface area contributed by atoms with Gasteiger partial charge in [0.2, 0.25) is 0 Å². The third-order valence-electron chi connectivity index (χ3n) is 3.51. The fraction of sp³-hybridized carbons (Fsp3) is 0.429. The number of aryl methyl sites for hydroxylation is 1. The predicted octanol–water partition coefficient (Wildman–Crippen LogP) is 5.57. The van der Waals surface area contributed by atoms with E-state index in [4.69, 9.17) is 5.73 Å². The Morgan fingerprint density at radius 1 is 1.00 bits per heavy atom. The molecule has 0 amide bonds. The predicted molar refractivity (Wildman–Crippen MR) is 109 cm³/mol. The Morgan fingerprint density at radius 2 is 1.44 bits per heavy atom. The van der Waals surface area contributed by atoms with Crippen molar-refractivity contribution in [3.05, 3.63) is 65.7 Å². The summed E-state index contributed by atoms with van der Waals surface area (Å²) in [5.41, 5.74) is 8.46. The van der Waals surface area contributed by atoms with Gasteiger partial charge in [-0.25, -0.2) is 0 Å². The van der Waals surface area contributed by atoms with Crippen LogP contribution in [-0.4, -0.2) is 8.76 Å². The molecule has 1 unspecified atom stereocenters. The van der Waals surface area contributed by atoms with Gasteiger partial charge in [0.15, 0.2) is 0 Å². The van der Waals surface area contributed by atoms with Crippen molar-refractivity contribution >= 4 is 16.8 Å². The zero-order valence-electron chi connectivity index (χ0n) is 16.1. The van der Waals surface area contributed by atoms with E-state index >= 15 is 0 Å². The highest BCUT2D eigenvalue weighted by Crippen LogP contribution is 2.50. The van der Waals surface area contributed by atoms with Gasteiger partial charge in [0, 0.05) is 5.69 Å². The summed E-state index contributed by atoms with van der Waals surface area (Å²) in [5.74, 6) is 0. The maximum atomic E-state index is 10.9. The lowest BCUT2D eigenvalue weighted by atomic mass is 10.1. The lowest BCUT2D eigenvalue weighted by Crippen LogP contribution is -2.13. The molecule has 2 aromatic carbocycles. The first-order valence-corrected chi connectivity index (χ1v) is 10.0. The topological polar surface area (TPSA) is 66.2 Å². The molecule has 140 valence electrons. The smallest absolute Gasteiger partial charge is 0.0576 e. The van der Waals surface area contributed by atoms with Crippen LogP contribution in [0.5, 0.6) is 0 Å². The minimum Gasteiger partial charge on any atom is -0.772 e. The second kappa shape index (κ2) is 12.7. The van der Waals surface area contributed by atoms with E-state index in [1.54, 1.807) is 0 Å². The van der Waals surface area contributed by atoms with Gasteiger partial charge in [0.05, 0.1) is 4.75 Å². The van der Waals surface area contributed by atoms with Crippen LogP contribution in [0.1, 0.15) is 58.1 Å². The van der Waals surface area contributed by atoms with Gasteiger partial charge >= 0.3 is 0 Å². The maximum absolute atomic E-state index is 10.9. The fourth-order valence-corrected chi connectivity index (χ4v) is 2.76. The number of hydrogen-bond donors (Lipinski definition) is 1. The molecule has 0 aromatic heterocycles. The summed E-state index contributed by atoms with van der Waals surface area (Å²) in [7, 11) is 0. The van der Waals surface area contributed by atoms with E-state index < -0.39 is 15.8 Å². The Bertz CT molecular complexity index is 589. The molecule has 0 radical (unpaired) electrons. The van der Waals surface area contributed by atoms with Gasteiger partial charge in [0.1, 0.15) is 0 Å². The second-order valence-electron chi connectivity index (χ2n) is 5.66. The summed E-state index contributed by atoms with van der Waals surface area (Å²) in [4.78, 5) is 0. The van der Waals surface area contributed by atoms with Crippen LogP contribution < -0.4 is 5.73 Å². The van der Waals surface area contributed by atoms with Crippen molar-refractivity contribution in [2.45, 2.75) is 58.6 Å². The number of anilines is 1. The van der Waals surface area contributed by atoms with Crippen LogP contribution in [0.25, 0.3) is 0 Å². The maximum Gasteiger partial charge on any atom is 0.0576 e. The van der Waals surface area contributed by atoms with Crippen molar-refractivity contribution in [3.8, 4) is 0 Å². The minimum atomic E-state index is -1.97. The SMILES string of the molecule is CC.CCC.Cc1ccccc1N.O=S([O-])C1(c2ccccc2)CC1. The average molecular weight is 363 g/mol. The lowest BCUT2D eigenvalue weighted by Gasteiger charge is -2.18. The van der Waals surface area contributed by atoms with Crippen molar-refractivity contribution in [1.82, 2.24) is 0 Å². The standard InChI is InChI=1S/C9H10O2S.C7H9N.C3H8.C2H6/c10-12(11)9(6-7-9)8-4-2-1-3-5-8;1-6-4-2-3-5-7(6)8;1-3-2;1-2/h1-5H,6-7H2,(H,10,11);2-5H,8H2,1H3;3H2,1-2H3;1-2H3/p-1. The van der Waals surface area contributed by atoms with Gasteiger partial charge < -0.3 is 10.3 Å². The van der Waals surface area contributed by atoms with Gasteiger partial charge in [-0.1, -0.05) is 82.6 Å². The van der Waals surface area contributed by atoms with Crippen LogP contribution >= 0.6 is 0 Å². The summed E-state index contributed by atoms with van der Waals surface area (Å²) in [6.07, 6.45) is 2.79. The first-order chi connectivity index (χ1) is 12.0. The molecular weight excluding hydrogens is 330 g/mol. The highest BCUT2D eigenvalue weighted by molar-refractivity contribution is 7.80. The van der Waals surface area contributed by atoms with Crippen molar-refractivity contribution in [1.29, 1.82) is 0 Å². The zero-order chi connectivity index (χ0) is 19.3. The normalized spacial score (nSPS) is 14.3. The number of rotatable bonds is 2. The second-order valence-corrected chi connectivity index (χ2v) is 6.91. The summed E-state index contributed by atoms with van der Waals surface area (Å²) in [6, 6.07) is 17.2. The fourth-order valence-electron chi connectivity index (χ4n) is 1.99. The Morgan fingerprint density at radius 3 is 1.76 bits per heavy atom. The van der Waals surface area contributed by atoms with Crippen molar-refractivity contribution in [3.63, 3.8) is 0 Å². The molecule has 2 aromatic rings. The Balaban J connectivity index is 0.000000385. The van der Waals surface area contributed by atoms with Crippen LogP contribution in [0.4, 0.5) is 5.69 Å². The molecule has 1 saturated carbocycles. The van der Waals surface area contributed by atoms with Gasteiger partial charge in [-0.3, -0.25) is 4.21 Å². The molecule has 3 nitrogen and oxygen atoms in total. The quantitative estimate of drug-likeness (QED) is 0.560. The molecule has 1 aliphatic carbocycles. The summed E-state index contributed by atoms with van der Waals surface area (Å²) in [5, 5.41) is 0. The molecule has 1 fully saturated rings. The van der Waals surface area contributed by atoms with E-state index in [9.17, 15) is 8.76 Å². The number of hydrogen-bond acceptors (Lipinski definition) is 3. The van der Waals surface area contributed by atoms with Crippen LogP contribution in [-0.2, 0) is 15.8 Å². The van der Waals surface area contributed by atoms with Crippen LogP contribution in [0.15, 0.2) is 54.6 Å². The molecule has 25 heavy (non-hydrogen) atoms. The van der Waals surface area contributed by atoms with Gasteiger partial charge in [-0.05, 0) is 48.0 Å². The van der Waals surface area contributed by atoms with E-state index in [1.807, 2.05) is 75.4 Å². The largest absolute Gasteiger partial charge is 0.772 e. The van der Waals surface area contributed by atoms with E-state index in [-0.39, 0.29) is 0 Å². The minimum absolute atomic E-state index is 0.540. The number of para-hydroxylation sites is 1. The monoisotopic (exact) mass is 362 g/mol. The average Bonchev–Trinajstić information content (AvgIpc) is 3.44. The van der Waals surface area contributed by atoms with E-state index in [0.717, 1.165) is 29.7 Å². The van der Waals surface area contributed by atoms with Crippen molar-refractivity contribution in [2.75, 3.05) is 5.73 Å². The number of benzene rings is 2. The molecule has 1 atom stereocenters. The molecule has 0 bridgehead atoms. The van der Waals surface area contributed by atoms with Gasteiger partial charge in [-0.15, -0.1) is 0 Å². The number of nitrogen functional groups attached to an aromatic ring is 1. The van der Waals surface area contributed by atoms with E-state index in [2.05, 4.69) is 13.8 Å². The zero-order valence-corrected chi connectivity index (χ0v) is 16.9. The molecule has 2 N–H and O–H groups in total. The van der Waals surface area contributed by atoms with E-state index in [0.29, 0.717) is 0 Å². The first-order valence-electron chi connectivity index (χ1n) is 8.94. The van der Waals surface area contributed by atoms with Crippen LogP contribution in [0, 0.1) is 6.92 Å². The van der Waals surface area contributed by atoms with E-state index in [1.165, 1.54) is 6.42 Å². The molecular formula is C21H32NO2S-. The molecule has 0 aliphatic heterocycles. The van der Waals surface area contributed by atoms with Gasteiger partial charge in [-0.2, -0.15) is 0 Å². The highest BCUT2D eigenvalue weighted by atomic mass is 32.2. The molecule has 0 heterocycles. The third-order valence-corrected chi connectivity index (χ3v) is 4.79. The molecule has 0 saturated heterocycles. The molecule has 3 rings (SSSR count). The van der Waals surface area contributed by atoms with Crippen molar-refractivity contribution in [2.24, 2.45) is 0 Å². The van der Waals surface area contributed by atoms with Crippen molar-refractivity contribution < 1.29 is 8.76 Å². The summed E-state index contributed by atoms with van der Waals surface area (Å²) in [6.45, 7) is 10.2. The van der Waals surface area contributed by atoms with Crippen LogP contribution in [0.2, 0.25) is 0 Å². The Hall–Kier alpha value is -1.65.